The number of hydrogen-bond acceptors (Lipinski definition) is 6. The molecule has 7 heteroatoms. The van der Waals surface area contributed by atoms with Crippen LogP contribution in [0.3, 0.4) is 0 Å². The van der Waals surface area contributed by atoms with Gasteiger partial charge in [-0.2, -0.15) is 0 Å². The van der Waals surface area contributed by atoms with E-state index in [-0.39, 0.29) is 18.1 Å². The number of nitrogens with zero attached hydrogens (tertiary/aromatic N) is 5. The number of benzene rings is 1. The number of nitrogens with two attached hydrogens (primary N) is 1. The van der Waals surface area contributed by atoms with E-state index in [9.17, 15) is 5.11 Å². The van der Waals surface area contributed by atoms with Crippen LogP contribution in [0.4, 0.5) is 5.82 Å². The van der Waals surface area contributed by atoms with Crippen LogP contribution in [0.2, 0.25) is 0 Å². The predicted octanol–water partition coefficient (Wildman–Crippen LogP) is 2.72. The molecule has 0 amide bonds. The molecule has 160 valence electrons. The van der Waals surface area contributed by atoms with Gasteiger partial charge in [0.15, 0.2) is 5.82 Å². The minimum atomic E-state index is -0.137. The maximum absolute atomic E-state index is 9.95. The van der Waals surface area contributed by atoms with Crippen molar-refractivity contribution >= 4 is 18.0 Å². The number of hydrogen-bond donors (Lipinski definition) is 2. The zero-order chi connectivity index (χ0) is 21.4. The van der Waals surface area contributed by atoms with Crippen LogP contribution in [0.15, 0.2) is 43.0 Å². The van der Waals surface area contributed by atoms with Crippen molar-refractivity contribution in [1.82, 2.24) is 19.5 Å². The molecule has 31 heavy (non-hydrogen) atoms. The number of aliphatic hydroxyl groups is 1. The third kappa shape index (κ3) is 3.54. The molecule has 2 aromatic heterocycles. The molecule has 0 saturated carbocycles. The summed E-state index contributed by atoms with van der Waals surface area (Å²) in [5.41, 5.74) is 11.8. The number of fused-ring (bicyclic) bond motifs is 1. The van der Waals surface area contributed by atoms with Gasteiger partial charge in [0.05, 0.1) is 36.7 Å². The first-order chi connectivity index (χ1) is 15.1. The minimum Gasteiger partial charge on any atom is -0.390 e. The normalized spacial score (nSPS) is 20.0. The summed E-state index contributed by atoms with van der Waals surface area (Å²) in [5, 5.41) is 9.95. The highest BCUT2D eigenvalue weighted by atomic mass is 16.3. The molecule has 1 aliphatic heterocycles. The van der Waals surface area contributed by atoms with Crippen LogP contribution in [-0.4, -0.2) is 37.7 Å². The molecule has 0 bridgehead atoms. The number of aliphatic hydroxyl groups excluding tert-OH is 1. The fraction of sp³-hybridized carbons (Fsp3) is 0.375. The first kappa shape index (κ1) is 19.9. The minimum absolute atomic E-state index is 0.0914. The quantitative estimate of drug-likeness (QED) is 0.679. The van der Waals surface area contributed by atoms with Crippen molar-refractivity contribution in [2.45, 2.75) is 31.9 Å². The van der Waals surface area contributed by atoms with Gasteiger partial charge in [0.1, 0.15) is 5.69 Å². The molecule has 3 N–H and O–H groups in total. The third-order valence-electron chi connectivity index (χ3n) is 6.92. The monoisotopic (exact) mass is 416 g/mol. The molecule has 1 spiro atoms. The van der Waals surface area contributed by atoms with Crippen LogP contribution >= 0.6 is 0 Å². The Hall–Kier alpha value is -3.03. The first-order valence-corrected chi connectivity index (χ1v) is 10.8. The predicted molar refractivity (Wildman–Crippen MR) is 121 cm³/mol. The molecule has 5 rings (SSSR count). The molecule has 3 heterocycles. The van der Waals surface area contributed by atoms with Gasteiger partial charge in [-0.25, -0.2) is 15.0 Å². The van der Waals surface area contributed by atoms with E-state index in [0.717, 1.165) is 49.6 Å². The second-order valence-corrected chi connectivity index (χ2v) is 8.69. The zero-order valence-corrected chi connectivity index (χ0v) is 17.8. The summed E-state index contributed by atoms with van der Waals surface area (Å²) in [6, 6.07) is 8.67. The highest BCUT2D eigenvalue weighted by Crippen LogP contribution is 2.50. The van der Waals surface area contributed by atoms with Gasteiger partial charge in [-0.05, 0) is 48.0 Å². The second kappa shape index (κ2) is 7.90. The van der Waals surface area contributed by atoms with E-state index in [4.69, 9.17) is 5.73 Å². The number of imidazole rings is 1. The van der Waals surface area contributed by atoms with Crippen molar-refractivity contribution in [3.63, 3.8) is 0 Å². The number of aromatic nitrogens is 4. The maximum atomic E-state index is 9.95. The van der Waals surface area contributed by atoms with Crippen molar-refractivity contribution in [2.75, 3.05) is 18.0 Å². The SMILES string of the molecule is Cn1cncc1C=Cc1cnc(N2CCC3(CC2)Cc2ccccc2C3N)c(CO)n1. The molecule has 1 saturated heterocycles. The van der Waals surface area contributed by atoms with E-state index in [0.29, 0.717) is 5.69 Å². The van der Waals surface area contributed by atoms with Gasteiger partial charge in [0, 0.05) is 26.2 Å². The average Bonchev–Trinajstić information content (AvgIpc) is 3.33. The molecule has 7 nitrogen and oxygen atoms in total. The summed E-state index contributed by atoms with van der Waals surface area (Å²) in [6.45, 7) is 1.60. The lowest BCUT2D eigenvalue weighted by molar-refractivity contribution is 0.186. The lowest BCUT2D eigenvalue weighted by Gasteiger charge is -2.42. The first-order valence-electron chi connectivity index (χ1n) is 10.8. The molecule has 1 atom stereocenters. The van der Waals surface area contributed by atoms with Gasteiger partial charge < -0.3 is 20.3 Å². The Bertz CT molecular complexity index is 1110. The largest absolute Gasteiger partial charge is 0.390 e. The smallest absolute Gasteiger partial charge is 0.152 e. The Kier molecular flexibility index (Phi) is 5.08. The van der Waals surface area contributed by atoms with Crippen LogP contribution in [0, 0.1) is 5.41 Å². The van der Waals surface area contributed by atoms with Gasteiger partial charge >= 0.3 is 0 Å². The van der Waals surface area contributed by atoms with E-state index in [1.165, 1.54) is 11.1 Å². The Balaban J connectivity index is 1.31. The van der Waals surface area contributed by atoms with Gasteiger partial charge in [0.2, 0.25) is 0 Å². The molecule has 1 unspecified atom stereocenters. The van der Waals surface area contributed by atoms with Gasteiger partial charge in [0.25, 0.3) is 0 Å². The Morgan fingerprint density at radius 2 is 2.00 bits per heavy atom. The fourth-order valence-electron chi connectivity index (χ4n) is 5.06. The summed E-state index contributed by atoms with van der Waals surface area (Å²) >= 11 is 0. The lowest BCUT2D eigenvalue weighted by Crippen LogP contribution is -2.45. The van der Waals surface area contributed by atoms with Crippen LogP contribution in [0.1, 0.15) is 47.1 Å². The Morgan fingerprint density at radius 3 is 2.71 bits per heavy atom. The summed E-state index contributed by atoms with van der Waals surface area (Å²) in [6.07, 6.45) is 12.2. The molecule has 2 aliphatic rings. The van der Waals surface area contributed by atoms with E-state index in [1.54, 1.807) is 18.7 Å². The van der Waals surface area contributed by atoms with Gasteiger partial charge in [-0.15, -0.1) is 0 Å². The number of rotatable bonds is 4. The highest BCUT2D eigenvalue weighted by molar-refractivity contribution is 5.66. The van der Waals surface area contributed by atoms with Crippen molar-refractivity contribution in [1.29, 1.82) is 0 Å². The Labute approximate surface area is 182 Å². The summed E-state index contributed by atoms with van der Waals surface area (Å²) in [5.74, 6) is 0.777. The molecular weight excluding hydrogens is 388 g/mol. The third-order valence-corrected chi connectivity index (χ3v) is 6.92. The fourth-order valence-corrected chi connectivity index (χ4v) is 5.06. The van der Waals surface area contributed by atoms with Crippen LogP contribution in [0.5, 0.6) is 0 Å². The van der Waals surface area contributed by atoms with E-state index in [1.807, 2.05) is 23.8 Å². The molecule has 3 aromatic rings. The lowest BCUT2D eigenvalue weighted by atomic mass is 9.73. The van der Waals surface area contributed by atoms with E-state index < -0.39 is 0 Å². The standard InChI is InChI=1S/C24H28N6O/c1-29-16-26-14-19(29)7-6-18-13-27-23(21(15-31)28-18)30-10-8-24(9-11-30)12-17-4-2-3-5-20(17)22(24)25/h2-7,13-14,16,22,31H,8-12,15,25H2,1H3. The van der Waals surface area contributed by atoms with E-state index >= 15 is 0 Å². The molecule has 1 aliphatic carbocycles. The molecule has 1 fully saturated rings. The Morgan fingerprint density at radius 1 is 1.19 bits per heavy atom. The summed E-state index contributed by atoms with van der Waals surface area (Å²) in [4.78, 5) is 15.7. The number of anilines is 1. The molecular formula is C24H28N6O. The molecule has 1 aromatic carbocycles. The van der Waals surface area contributed by atoms with E-state index in [2.05, 4.69) is 44.1 Å². The topological polar surface area (TPSA) is 93.1 Å². The number of piperidine rings is 1. The van der Waals surface area contributed by atoms with Crippen molar-refractivity contribution < 1.29 is 5.11 Å². The second-order valence-electron chi connectivity index (χ2n) is 8.69. The van der Waals surface area contributed by atoms with Crippen LogP contribution < -0.4 is 10.6 Å². The number of aryl methyl sites for hydroxylation is 1. The zero-order valence-electron chi connectivity index (χ0n) is 17.8. The average molecular weight is 417 g/mol. The summed E-state index contributed by atoms with van der Waals surface area (Å²) in [7, 11) is 1.94. The van der Waals surface area contributed by atoms with Crippen molar-refractivity contribution in [3.05, 3.63) is 71.2 Å². The maximum Gasteiger partial charge on any atom is 0.152 e. The van der Waals surface area contributed by atoms with Crippen LogP contribution in [-0.2, 0) is 20.1 Å². The van der Waals surface area contributed by atoms with Gasteiger partial charge in [-0.3, -0.25) is 0 Å². The molecule has 0 radical (unpaired) electrons. The highest BCUT2D eigenvalue weighted by Gasteiger charge is 2.46. The van der Waals surface area contributed by atoms with Crippen molar-refractivity contribution in [3.8, 4) is 0 Å². The van der Waals surface area contributed by atoms with Crippen LogP contribution in [0.25, 0.3) is 12.2 Å². The summed E-state index contributed by atoms with van der Waals surface area (Å²) < 4.78 is 1.93. The van der Waals surface area contributed by atoms with Gasteiger partial charge in [-0.1, -0.05) is 24.3 Å². The van der Waals surface area contributed by atoms with Crippen molar-refractivity contribution in [2.24, 2.45) is 18.2 Å².